The number of Topliss-reactive ketones (excluding diaryl/α,β-unsaturated/α-hetero) is 1. The molecular formula is C12H22O2Si. The highest BCUT2D eigenvalue weighted by Crippen LogP contribution is 2.42. The molecule has 0 aromatic carbocycles. The molecule has 0 spiro atoms. The second kappa shape index (κ2) is 4.02. The molecule has 0 aliphatic heterocycles. The van der Waals surface area contributed by atoms with Crippen molar-refractivity contribution in [1.29, 1.82) is 0 Å². The molecule has 0 heterocycles. The number of fused-ring (bicyclic) bond motifs is 1. The van der Waals surface area contributed by atoms with Crippen LogP contribution in [0.4, 0.5) is 0 Å². The second-order valence-electron chi connectivity index (χ2n) is 5.99. The lowest BCUT2D eigenvalue weighted by molar-refractivity contribution is -0.128. The van der Waals surface area contributed by atoms with Crippen molar-refractivity contribution in [3.05, 3.63) is 0 Å². The Morgan fingerprint density at radius 2 is 1.93 bits per heavy atom. The van der Waals surface area contributed by atoms with Gasteiger partial charge in [0.05, 0.1) is 6.10 Å². The van der Waals surface area contributed by atoms with E-state index < -0.39 is 8.32 Å². The summed E-state index contributed by atoms with van der Waals surface area (Å²) in [4.78, 5) is 11.9. The van der Waals surface area contributed by atoms with Crippen LogP contribution in [0.15, 0.2) is 0 Å². The maximum Gasteiger partial charge on any atom is 0.184 e. The van der Waals surface area contributed by atoms with Gasteiger partial charge in [-0.1, -0.05) is 0 Å². The van der Waals surface area contributed by atoms with E-state index in [0.29, 0.717) is 11.7 Å². The van der Waals surface area contributed by atoms with Crippen molar-refractivity contribution in [1.82, 2.24) is 0 Å². The van der Waals surface area contributed by atoms with E-state index in [4.69, 9.17) is 4.43 Å². The molecule has 0 radical (unpaired) electrons. The molecule has 0 amide bonds. The Morgan fingerprint density at radius 1 is 1.20 bits per heavy atom. The van der Waals surface area contributed by atoms with Crippen molar-refractivity contribution in [2.45, 2.75) is 57.8 Å². The molecule has 0 N–H and O–H groups in total. The molecule has 86 valence electrons. The van der Waals surface area contributed by atoms with Crippen LogP contribution < -0.4 is 0 Å². The Bertz CT molecular complexity index is 257. The fourth-order valence-corrected chi connectivity index (χ4v) is 4.30. The summed E-state index contributed by atoms with van der Waals surface area (Å²) in [6.45, 7) is 6.65. The van der Waals surface area contributed by atoms with Crippen LogP contribution in [0.25, 0.3) is 0 Å². The molecule has 15 heavy (non-hydrogen) atoms. The molecule has 0 unspecified atom stereocenters. The average molecular weight is 226 g/mol. The number of hydrogen-bond acceptors (Lipinski definition) is 2. The standard InChI is InChI=1S/C12H22O2Si/c1-15(2,3)14-11-8-7-9-5-4-6-10(13)12(9)11/h9,11-12H,4-8H2,1-3H3/t9-,11+,12+/m1/s1. The van der Waals surface area contributed by atoms with Crippen LogP contribution in [0.5, 0.6) is 0 Å². The van der Waals surface area contributed by atoms with Gasteiger partial charge in [0, 0.05) is 12.3 Å². The molecule has 0 bridgehead atoms. The summed E-state index contributed by atoms with van der Waals surface area (Å²) in [6.07, 6.45) is 5.75. The maximum absolute atomic E-state index is 11.9. The zero-order valence-corrected chi connectivity index (χ0v) is 11.1. The van der Waals surface area contributed by atoms with Gasteiger partial charge in [0.15, 0.2) is 8.32 Å². The number of carbonyl (C=O) groups is 1. The number of carbonyl (C=O) groups excluding carboxylic acids is 1. The Labute approximate surface area is 93.5 Å². The Balaban J connectivity index is 2.05. The highest BCUT2D eigenvalue weighted by molar-refractivity contribution is 6.69. The third kappa shape index (κ3) is 2.51. The van der Waals surface area contributed by atoms with E-state index in [1.54, 1.807) is 0 Å². The van der Waals surface area contributed by atoms with Crippen LogP contribution in [0.3, 0.4) is 0 Å². The van der Waals surface area contributed by atoms with Crippen LogP contribution in [0.1, 0.15) is 32.1 Å². The summed E-state index contributed by atoms with van der Waals surface area (Å²) in [5, 5.41) is 0. The molecule has 2 nitrogen and oxygen atoms in total. The summed E-state index contributed by atoms with van der Waals surface area (Å²) in [5.74, 6) is 1.38. The molecule has 2 fully saturated rings. The van der Waals surface area contributed by atoms with Gasteiger partial charge in [0.2, 0.25) is 0 Å². The van der Waals surface area contributed by atoms with Crippen LogP contribution in [0, 0.1) is 11.8 Å². The van der Waals surface area contributed by atoms with Gasteiger partial charge in [-0.05, 0) is 51.2 Å². The molecule has 0 saturated heterocycles. The fraction of sp³-hybridized carbons (Fsp3) is 0.917. The molecule has 2 aliphatic rings. The molecule has 3 heteroatoms. The first-order chi connectivity index (χ1) is 6.97. The highest BCUT2D eigenvalue weighted by Gasteiger charge is 2.44. The lowest BCUT2D eigenvalue weighted by Crippen LogP contribution is -2.39. The quantitative estimate of drug-likeness (QED) is 0.677. The molecule has 3 atom stereocenters. The smallest absolute Gasteiger partial charge is 0.184 e. The van der Waals surface area contributed by atoms with Gasteiger partial charge in [0.25, 0.3) is 0 Å². The lowest BCUT2D eigenvalue weighted by atomic mass is 9.80. The third-order valence-electron chi connectivity index (χ3n) is 3.61. The first-order valence-electron chi connectivity index (χ1n) is 6.18. The molecular weight excluding hydrogens is 204 g/mol. The predicted octanol–water partition coefficient (Wildman–Crippen LogP) is 2.99. The topological polar surface area (TPSA) is 26.3 Å². The first-order valence-corrected chi connectivity index (χ1v) is 9.59. The minimum absolute atomic E-state index is 0.255. The highest BCUT2D eigenvalue weighted by atomic mass is 28.4. The van der Waals surface area contributed by atoms with Crippen LogP contribution in [-0.2, 0) is 9.22 Å². The van der Waals surface area contributed by atoms with E-state index in [1.807, 2.05) is 0 Å². The Hall–Kier alpha value is -0.153. The van der Waals surface area contributed by atoms with E-state index in [9.17, 15) is 4.79 Å². The molecule has 2 aliphatic carbocycles. The minimum atomic E-state index is -1.48. The van der Waals surface area contributed by atoms with Gasteiger partial charge in [-0.25, -0.2) is 0 Å². The molecule has 0 aromatic rings. The Kier molecular flexibility index (Phi) is 3.04. The zero-order valence-electron chi connectivity index (χ0n) is 10.1. The van der Waals surface area contributed by atoms with Crippen molar-refractivity contribution in [3.8, 4) is 0 Å². The molecule has 2 saturated carbocycles. The SMILES string of the molecule is C[Si](C)(C)O[C@H]1CC[C@H]2CCCC(=O)[C@H]21. The zero-order chi connectivity index (χ0) is 11.1. The lowest BCUT2D eigenvalue weighted by Gasteiger charge is -2.31. The number of rotatable bonds is 2. The van der Waals surface area contributed by atoms with Crippen molar-refractivity contribution < 1.29 is 9.22 Å². The Morgan fingerprint density at radius 3 is 2.60 bits per heavy atom. The van der Waals surface area contributed by atoms with Gasteiger partial charge in [-0.2, -0.15) is 0 Å². The molecule has 2 rings (SSSR count). The van der Waals surface area contributed by atoms with Crippen LogP contribution in [-0.4, -0.2) is 20.2 Å². The normalized spacial score (nSPS) is 36.7. The number of ketones is 1. The van der Waals surface area contributed by atoms with E-state index in [2.05, 4.69) is 19.6 Å². The average Bonchev–Trinajstić information content (AvgIpc) is 2.47. The maximum atomic E-state index is 11.9. The van der Waals surface area contributed by atoms with Crippen LogP contribution >= 0.6 is 0 Å². The second-order valence-corrected chi connectivity index (χ2v) is 10.5. The van der Waals surface area contributed by atoms with Gasteiger partial charge >= 0.3 is 0 Å². The minimum Gasteiger partial charge on any atom is -0.414 e. The summed E-state index contributed by atoms with van der Waals surface area (Å²) in [7, 11) is -1.48. The van der Waals surface area contributed by atoms with E-state index >= 15 is 0 Å². The largest absolute Gasteiger partial charge is 0.414 e. The third-order valence-corrected chi connectivity index (χ3v) is 4.62. The van der Waals surface area contributed by atoms with Gasteiger partial charge in [-0.3, -0.25) is 4.79 Å². The van der Waals surface area contributed by atoms with Gasteiger partial charge < -0.3 is 4.43 Å². The van der Waals surface area contributed by atoms with E-state index in [1.165, 1.54) is 12.8 Å². The van der Waals surface area contributed by atoms with Crippen molar-refractivity contribution in [3.63, 3.8) is 0 Å². The summed E-state index contributed by atoms with van der Waals surface area (Å²) < 4.78 is 6.16. The summed E-state index contributed by atoms with van der Waals surface area (Å²) in [6, 6.07) is 0. The number of hydrogen-bond donors (Lipinski definition) is 0. The molecule has 0 aromatic heterocycles. The van der Waals surface area contributed by atoms with Crippen molar-refractivity contribution >= 4 is 14.1 Å². The van der Waals surface area contributed by atoms with Crippen molar-refractivity contribution in [2.75, 3.05) is 0 Å². The van der Waals surface area contributed by atoms with Crippen LogP contribution in [0.2, 0.25) is 19.6 Å². The fourth-order valence-electron chi connectivity index (χ4n) is 3.13. The first kappa shape index (κ1) is 11.3. The predicted molar refractivity (Wildman–Crippen MR) is 63.3 cm³/mol. The monoisotopic (exact) mass is 226 g/mol. The summed E-state index contributed by atoms with van der Waals surface area (Å²) in [5.41, 5.74) is 0. The van der Waals surface area contributed by atoms with E-state index in [-0.39, 0.29) is 12.0 Å². The van der Waals surface area contributed by atoms with Gasteiger partial charge in [0.1, 0.15) is 5.78 Å². The van der Waals surface area contributed by atoms with Crippen molar-refractivity contribution in [2.24, 2.45) is 11.8 Å². The summed E-state index contributed by atoms with van der Waals surface area (Å²) >= 11 is 0. The van der Waals surface area contributed by atoms with Gasteiger partial charge in [-0.15, -0.1) is 0 Å². The van der Waals surface area contributed by atoms with E-state index in [0.717, 1.165) is 19.3 Å².